The van der Waals surface area contributed by atoms with Crippen LogP contribution in [0.1, 0.15) is 31.5 Å². The first-order chi connectivity index (χ1) is 9.17. The second-order valence-corrected chi connectivity index (χ2v) is 6.23. The molecule has 0 bridgehead atoms. The van der Waals surface area contributed by atoms with Crippen LogP contribution in [-0.2, 0) is 6.42 Å². The van der Waals surface area contributed by atoms with Gasteiger partial charge in [0.15, 0.2) is 5.82 Å². The Labute approximate surface area is 132 Å². The van der Waals surface area contributed by atoms with E-state index in [-0.39, 0.29) is 0 Å². The predicted octanol–water partition coefficient (Wildman–Crippen LogP) is 4.50. The highest BCUT2D eigenvalue weighted by Crippen LogP contribution is 2.28. The maximum absolute atomic E-state index is 4.76. The summed E-state index contributed by atoms with van der Waals surface area (Å²) < 4.78 is 1.15. The van der Waals surface area contributed by atoms with Crippen LogP contribution in [0.15, 0.2) is 10.8 Å². The van der Waals surface area contributed by atoms with Crippen molar-refractivity contribution in [1.82, 2.24) is 9.97 Å². The highest BCUT2D eigenvalue weighted by Gasteiger charge is 2.14. The summed E-state index contributed by atoms with van der Waals surface area (Å²) in [5.74, 6) is 1.81. The van der Waals surface area contributed by atoms with Crippen molar-refractivity contribution < 1.29 is 0 Å². The van der Waals surface area contributed by atoms with E-state index in [0.29, 0.717) is 0 Å². The maximum atomic E-state index is 4.76. The fourth-order valence-electron chi connectivity index (χ4n) is 1.89. The quantitative estimate of drug-likeness (QED) is 0.768. The number of nitrogens with one attached hydrogen (secondary N) is 1. The Morgan fingerprint density at radius 3 is 2.63 bits per heavy atom. The molecule has 0 aliphatic rings. The molecule has 0 aliphatic heterocycles. The molecule has 0 spiro atoms. The lowest BCUT2D eigenvalue weighted by atomic mass is 10.2. The van der Waals surface area contributed by atoms with Gasteiger partial charge in [-0.25, -0.2) is 9.97 Å². The molecule has 0 atom stereocenters. The molecule has 2 heterocycles. The van der Waals surface area contributed by atoms with E-state index < -0.39 is 0 Å². The van der Waals surface area contributed by atoms with Gasteiger partial charge in [-0.2, -0.15) is 11.3 Å². The molecule has 2 aromatic heterocycles. The molecule has 0 saturated carbocycles. The van der Waals surface area contributed by atoms with Crippen molar-refractivity contribution in [2.24, 2.45) is 0 Å². The maximum Gasteiger partial charge on any atom is 0.162 e. The van der Waals surface area contributed by atoms with Crippen molar-refractivity contribution in [1.29, 1.82) is 0 Å². The molecule has 3 nitrogen and oxygen atoms in total. The normalized spacial score (nSPS) is 10.7. The largest absolute Gasteiger partial charge is 0.369 e. The molecule has 19 heavy (non-hydrogen) atoms. The number of aryl methyl sites for hydroxylation is 2. The molecule has 2 aromatic rings. The second-order valence-electron chi connectivity index (χ2n) is 4.41. The highest BCUT2D eigenvalue weighted by atomic mass is 127. The summed E-state index contributed by atoms with van der Waals surface area (Å²) >= 11 is 4.05. The number of thiophene rings is 1. The fourth-order valence-corrected chi connectivity index (χ4v) is 3.42. The van der Waals surface area contributed by atoms with Crippen LogP contribution in [0.3, 0.4) is 0 Å². The summed E-state index contributed by atoms with van der Waals surface area (Å²) in [4.78, 5) is 9.44. The van der Waals surface area contributed by atoms with Crippen molar-refractivity contribution >= 4 is 39.7 Å². The van der Waals surface area contributed by atoms with E-state index >= 15 is 0 Å². The van der Waals surface area contributed by atoms with Crippen LogP contribution in [-0.4, -0.2) is 16.5 Å². The lowest BCUT2D eigenvalue weighted by Gasteiger charge is -2.11. The molecule has 0 fully saturated rings. The number of halogens is 1. The van der Waals surface area contributed by atoms with Crippen LogP contribution in [0.5, 0.6) is 0 Å². The van der Waals surface area contributed by atoms with E-state index in [1.54, 1.807) is 11.3 Å². The third-order valence-corrected chi connectivity index (χ3v) is 4.84. The van der Waals surface area contributed by atoms with Crippen molar-refractivity contribution in [2.75, 3.05) is 11.9 Å². The summed E-state index contributed by atoms with van der Waals surface area (Å²) in [5, 5.41) is 7.61. The molecular weight excluding hydrogens is 369 g/mol. The zero-order chi connectivity index (χ0) is 13.8. The van der Waals surface area contributed by atoms with Crippen LogP contribution in [0.4, 0.5) is 5.82 Å². The molecule has 0 amide bonds. The Hall–Kier alpha value is -0.690. The smallest absolute Gasteiger partial charge is 0.162 e. The minimum Gasteiger partial charge on any atom is -0.369 e. The monoisotopic (exact) mass is 387 g/mol. The van der Waals surface area contributed by atoms with Crippen LogP contribution in [0, 0.1) is 10.5 Å². The van der Waals surface area contributed by atoms with Gasteiger partial charge in [0.05, 0.1) is 9.26 Å². The van der Waals surface area contributed by atoms with Crippen LogP contribution in [0.25, 0.3) is 11.4 Å². The van der Waals surface area contributed by atoms with Gasteiger partial charge in [0, 0.05) is 17.5 Å². The van der Waals surface area contributed by atoms with E-state index in [1.807, 2.05) is 0 Å². The standard InChI is InChI=1S/C14H18IN3S/c1-4-6-11-12(15)14(16-5-2)18-13(17-11)10-8-19-7-9(10)3/h7-8H,4-6H2,1-3H3,(H,16,17,18). The number of aromatic nitrogens is 2. The molecule has 5 heteroatoms. The average Bonchev–Trinajstić information content (AvgIpc) is 2.81. The van der Waals surface area contributed by atoms with Crippen LogP contribution >= 0.6 is 33.9 Å². The number of hydrogen-bond acceptors (Lipinski definition) is 4. The molecule has 0 unspecified atom stereocenters. The molecule has 0 saturated heterocycles. The number of anilines is 1. The Morgan fingerprint density at radius 2 is 2.05 bits per heavy atom. The van der Waals surface area contributed by atoms with E-state index in [9.17, 15) is 0 Å². The van der Waals surface area contributed by atoms with Gasteiger partial charge in [0.2, 0.25) is 0 Å². The van der Waals surface area contributed by atoms with E-state index in [0.717, 1.165) is 45.9 Å². The molecule has 0 aliphatic carbocycles. The van der Waals surface area contributed by atoms with Gasteiger partial charge < -0.3 is 5.32 Å². The summed E-state index contributed by atoms with van der Waals surface area (Å²) in [6, 6.07) is 0. The van der Waals surface area contributed by atoms with Crippen molar-refractivity contribution in [3.63, 3.8) is 0 Å². The zero-order valence-corrected chi connectivity index (χ0v) is 14.4. The van der Waals surface area contributed by atoms with E-state index in [2.05, 4.69) is 64.4 Å². The molecular formula is C14H18IN3S. The Morgan fingerprint density at radius 1 is 1.26 bits per heavy atom. The summed E-state index contributed by atoms with van der Waals surface area (Å²) in [5.41, 5.74) is 3.55. The molecule has 1 N–H and O–H groups in total. The summed E-state index contributed by atoms with van der Waals surface area (Å²) in [6.07, 6.45) is 2.09. The van der Waals surface area contributed by atoms with Gasteiger partial charge >= 0.3 is 0 Å². The van der Waals surface area contributed by atoms with Gasteiger partial charge in [-0.15, -0.1) is 0 Å². The van der Waals surface area contributed by atoms with Gasteiger partial charge in [-0.05, 0) is 53.8 Å². The van der Waals surface area contributed by atoms with Gasteiger partial charge in [0.1, 0.15) is 5.82 Å². The molecule has 0 radical (unpaired) electrons. The first kappa shape index (κ1) is 14.7. The number of nitrogens with zero attached hydrogens (tertiary/aromatic N) is 2. The minimum absolute atomic E-state index is 0.846. The second kappa shape index (κ2) is 6.65. The highest BCUT2D eigenvalue weighted by molar-refractivity contribution is 14.1. The average molecular weight is 387 g/mol. The predicted molar refractivity (Wildman–Crippen MR) is 91.0 cm³/mol. The Bertz CT molecular complexity index is 539. The first-order valence-corrected chi connectivity index (χ1v) is 8.53. The minimum atomic E-state index is 0.846. The van der Waals surface area contributed by atoms with Crippen molar-refractivity contribution in [2.45, 2.75) is 33.6 Å². The lowest BCUT2D eigenvalue weighted by molar-refractivity contribution is 0.866. The van der Waals surface area contributed by atoms with Crippen molar-refractivity contribution in [3.05, 3.63) is 25.6 Å². The summed E-state index contributed by atoms with van der Waals surface area (Å²) in [6.45, 7) is 7.26. The van der Waals surface area contributed by atoms with Gasteiger partial charge in [-0.3, -0.25) is 0 Å². The first-order valence-electron chi connectivity index (χ1n) is 6.50. The zero-order valence-electron chi connectivity index (χ0n) is 11.5. The van der Waals surface area contributed by atoms with Crippen molar-refractivity contribution in [3.8, 4) is 11.4 Å². The number of rotatable bonds is 5. The number of hydrogen-bond donors (Lipinski definition) is 1. The SMILES string of the molecule is CCCc1nc(-c2cscc2C)nc(NCC)c1I. The topological polar surface area (TPSA) is 37.8 Å². The fraction of sp³-hybridized carbons (Fsp3) is 0.429. The van der Waals surface area contributed by atoms with E-state index in [4.69, 9.17) is 4.98 Å². The lowest BCUT2D eigenvalue weighted by Crippen LogP contribution is -2.08. The Balaban J connectivity index is 2.52. The van der Waals surface area contributed by atoms with Gasteiger partial charge in [-0.1, -0.05) is 13.3 Å². The van der Waals surface area contributed by atoms with Crippen LogP contribution < -0.4 is 5.32 Å². The molecule has 102 valence electrons. The molecule has 2 rings (SSSR count). The third-order valence-electron chi connectivity index (χ3n) is 2.85. The third kappa shape index (κ3) is 3.25. The summed E-state index contributed by atoms with van der Waals surface area (Å²) in [7, 11) is 0. The Kier molecular flexibility index (Phi) is 5.15. The van der Waals surface area contributed by atoms with E-state index in [1.165, 1.54) is 5.56 Å². The van der Waals surface area contributed by atoms with Gasteiger partial charge in [0.25, 0.3) is 0 Å². The molecule has 0 aromatic carbocycles. The van der Waals surface area contributed by atoms with Crippen LogP contribution in [0.2, 0.25) is 0 Å².